The lowest BCUT2D eigenvalue weighted by Crippen LogP contribution is -2.34. The third kappa shape index (κ3) is 4.78. The van der Waals surface area contributed by atoms with Gasteiger partial charge in [0.1, 0.15) is 0 Å². The standard InChI is InChI=1S/C28H31N3/c1-5-20(2)9-6-7-10-26-28(23-13-11-21(3)12-14-23)30-25-16-15-24(19-27(25)29-26)22(4)31-17-8-18-31/h11-16,19H,1,4,6-10,17-18H2,2-3H3. The molecule has 0 spiro atoms. The van der Waals surface area contributed by atoms with Crippen molar-refractivity contribution in [2.75, 3.05) is 13.1 Å². The summed E-state index contributed by atoms with van der Waals surface area (Å²) in [6, 6.07) is 14.9. The zero-order valence-electron chi connectivity index (χ0n) is 18.7. The van der Waals surface area contributed by atoms with Gasteiger partial charge in [-0.2, -0.15) is 0 Å². The summed E-state index contributed by atoms with van der Waals surface area (Å²) in [6.07, 6.45) is 5.36. The number of aromatic nitrogens is 2. The molecule has 3 nitrogen and oxygen atoms in total. The van der Waals surface area contributed by atoms with Gasteiger partial charge < -0.3 is 4.90 Å². The van der Waals surface area contributed by atoms with E-state index in [9.17, 15) is 0 Å². The molecule has 0 amide bonds. The van der Waals surface area contributed by atoms with Crippen LogP contribution in [0.1, 0.15) is 49.4 Å². The van der Waals surface area contributed by atoms with Crippen LogP contribution >= 0.6 is 0 Å². The number of benzene rings is 2. The highest BCUT2D eigenvalue weighted by atomic mass is 15.2. The molecule has 1 aliphatic rings. The van der Waals surface area contributed by atoms with Crippen molar-refractivity contribution in [3.8, 4) is 11.3 Å². The molecule has 1 fully saturated rings. The third-order valence-corrected chi connectivity index (χ3v) is 6.15. The topological polar surface area (TPSA) is 29.0 Å². The molecule has 3 heteroatoms. The zero-order chi connectivity index (χ0) is 21.8. The largest absolute Gasteiger partial charge is 0.371 e. The fourth-order valence-electron chi connectivity index (χ4n) is 3.93. The molecule has 0 aliphatic carbocycles. The van der Waals surface area contributed by atoms with Crippen molar-refractivity contribution in [3.63, 3.8) is 0 Å². The quantitative estimate of drug-likeness (QED) is 0.305. The Balaban J connectivity index is 1.68. The van der Waals surface area contributed by atoms with Gasteiger partial charge in [0, 0.05) is 24.4 Å². The molecule has 1 aliphatic heterocycles. The summed E-state index contributed by atoms with van der Waals surface area (Å²) >= 11 is 0. The van der Waals surface area contributed by atoms with Crippen LogP contribution in [0.15, 0.2) is 66.9 Å². The molecule has 31 heavy (non-hydrogen) atoms. The van der Waals surface area contributed by atoms with Crippen LogP contribution in [0.25, 0.3) is 28.0 Å². The molecule has 1 aromatic heterocycles. The number of likely N-dealkylation sites (tertiary alicyclic amines) is 1. The maximum Gasteiger partial charge on any atom is 0.0925 e. The van der Waals surface area contributed by atoms with Crippen LogP contribution in [0, 0.1) is 6.92 Å². The number of rotatable bonds is 8. The molecule has 0 unspecified atom stereocenters. The first kappa shape index (κ1) is 21.1. The molecule has 4 rings (SSSR count). The molecule has 0 N–H and O–H groups in total. The number of hydrogen-bond donors (Lipinski definition) is 0. The van der Waals surface area contributed by atoms with E-state index >= 15 is 0 Å². The summed E-state index contributed by atoms with van der Waals surface area (Å²) in [7, 11) is 0. The van der Waals surface area contributed by atoms with E-state index in [1.807, 2.05) is 0 Å². The first-order chi connectivity index (χ1) is 15.0. The highest BCUT2D eigenvalue weighted by Gasteiger charge is 2.18. The van der Waals surface area contributed by atoms with Crippen LogP contribution in [-0.4, -0.2) is 28.0 Å². The normalized spacial score (nSPS) is 13.0. The van der Waals surface area contributed by atoms with Crippen molar-refractivity contribution in [3.05, 3.63) is 83.7 Å². The molecule has 158 valence electrons. The molecule has 2 heterocycles. The van der Waals surface area contributed by atoms with E-state index in [0.29, 0.717) is 0 Å². The van der Waals surface area contributed by atoms with Crippen LogP contribution in [0.2, 0.25) is 0 Å². The first-order valence-corrected chi connectivity index (χ1v) is 11.2. The van der Waals surface area contributed by atoms with Crippen LogP contribution in [0.4, 0.5) is 0 Å². The van der Waals surface area contributed by atoms with E-state index in [4.69, 9.17) is 9.97 Å². The summed E-state index contributed by atoms with van der Waals surface area (Å²) in [4.78, 5) is 12.5. The molecule has 0 bridgehead atoms. The number of allylic oxidation sites excluding steroid dienone is 1. The molecule has 3 aromatic rings. The Morgan fingerprint density at radius 3 is 2.48 bits per heavy atom. The number of unbranched alkanes of at least 4 members (excludes halogenated alkanes) is 1. The highest BCUT2D eigenvalue weighted by molar-refractivity contribution is 5.82. The van der Waals surface area contributed by atoms with Gasteiger partial charge in [-0.1, -0.05) is 49.1 Å². The third-order valence-electron chi connectivity index (χ3n) is 6.15. The monoisotopic (exact) mass is 409 g/mol. The maximum atomic E-state index is 5.10. The number of nitrogens with zero attached hydrogens (tertiary/aromatic N) is 3. The molecule has 2 aromatic carbocycles. The minimum Gasteiger partial charge on any atom is -0.371 e. The van der Waals surface area contributed by atoms with Crippen molar-refractivity contribution in [2.24, 2.45) is 0 Å². The van der Waals surface area contributed by atoms with Crippen molar-refractivity contribution < 1.29 is 0 Å². The Kier molecular flexibility index (Phi) is 6.34. The Morgan fingerprint density at radius 1 is 1.03 bits per heavy atom. The molecular formula is C28H31N3. The minimum absolute atomic E-state index is 0.911. The SMILES string of the molecule is C=C=C(C)CCCCc1nc2cc(C(=C)N3CCC3)ccc2nc1-c1ccc(C)cc1. The highest BCUT2D eigenvalue weighted by Crippen LogP contribution is 2.28. The summed E-state index contributed by atoms with van der Waals surface area (Å²) < 4.78 is 0. The van der Waals surface area contributed by atoms with Crippen molar-refractivity contribution in [1.82, 2.24) is 14.9 Å². The Morgan fingerprint density at radius 2 is 1.81 bits per heavy atom. The summed E-state index contributed by atoms with van der Waals surface area (Å²) in [5.41, 5.74) is 12.8. The molecular weight excluding hydrogens is 378 g/mol. The van der Waals surface area contributed by atoms with E-state index in [2.05, 4.69) is 80.1 Å². The number of hydrogen-bond acceptors (Lipinski definition) is 3. The lowest BCUT2D eigenvalue weighted by Gasteiger charge is -2.34. The Labute approximate surface area is 185 Å². The fourth-order valence-corrected chi connectivity index (χ4v) is 3.93. The minimum atomic E-state index is 0.911. The van der Waals surface area contributed by atoms with E-state index in [1.54, 1.807) is 0 Å². The average Bonchev–Trinajstić information content (AvgIpc) is 2.75. The molecule has 0 atom stereocenters. The Bertz CT molecular complexity index is 1150. The predicted molar refractivity (Wildman–Crippen MR) is 131 cm³/mol. The summed E-state index contributed by atoms with van der Waals surface area (Å²) in [6.45, 7) is 14.4. The fraction of sp³-hybridized carbons (Fsp3) is 0.321. The van der Waals surface area contributed by atoms with Crippen molar-refractivity contribution >= 4 is 16.7 Å². The van der Waals surface area contributed by atoms with E-state index in [1.165, 1.54) is 17.6 Å². The predicted octanol–water partition coefficient (Wildman–Crippen LogP) is 6.73. The lowest BCUT2D eigenvalue weighted by molar-refractivity contribution is 0.282. The summed E-state index contributed by atoms with van der Waals surface area (Å²) in [5, 5.41) is 0. The second-order valence-electron chi connectivity index (χ2n) is 8.54. The molecule has 0 saturated carbocycles. The van der Waals surface area contributed by atoms with Gasteiger partial charge in [0.2, 0.25) is 0 Å². The molecule has 0 radical (unpaired) electrons. The first-order valence-electron chi connectivity index (χ1n) is 11.2. The second kappa shape index (κ2) is 9.32. The summed E-state index contributed by atoms with van der Waals surface area (Å²) in [5.74, 6) is 0. The van der Waals surface area contributed by atoms with Crippen LogP contribution in [-0.2, 0) is 6.42 Å². The average molecular weight is 410 g/mol. The lowest BCUT2D eigenvalue weighted by atomic mass is 10.0. The van der Waals surface area contributed by atoms with Gasteiger partial charge >= 0.3 is 0 Å². The zero-order valence-corrected chi connectivity index (χ0v) is 18.7. The van der Waals surface area contributed by atoms with Gasteiger partial charge in [-0.05, 0) is 69.2 Å². The van der Waals surface area contributed by atoms with Gasteiger partial charge in [-0.3, -0.25) is 0 Å². The van der Waals surface area contributed by atoms with Gasteiger partial charge in [-0.25, -0.2) is 9.97 Å². The van der Waals surface area contributed by atoms with Crippen molar-refractivity contribution in [2.45, 2.75) is 46.0 Å². The van der Waals surface area contributed by atoms with Crippen LogP contribution < -0.4 is 0 Å². The van der Waals surface area contributed by atoms with E-state index in [0.717, 1.165) is 78.0 Å². The van der Waals surface area contributed by atoms with E-state index in [-0.39, 0.29) is 0 Å². The Hall–Kier alpha value is -3.16. The van der Waals surface area contributed by atoms with Crippen molar-refractivity contribution in [1.29, 1.82) is 0 Å². The van der Waals surface area contributed by atoms with Gasteiger partial charge in [-0.15, -0.1) is 5.73 Å². The van der Waals surface area contributed by atoms with Gasteiger partial charge in [0.15, 0.2) is 0 Å². The van der Waals surface area contributed by atoms with Gasteiger partial charge in [0.05, 0.1) is 22.4 Å². The van der Waals surface area contributed by atoms with Gasteiger partial charge in [0.25, 0.3) is 0 Å². The smallest absolute Gasteiger partial charge is 0.0925 e. The number of fused-ring (bicyclic) bond motifs is 1. The maximum absolute atomic E-state index is 5.10. The van der Waals surface area contributed by atoms with E-state index < -0.39 is 0 Å². The second-order valence-corrected chi connectivity index (χ2v) is 8.54. The molecule has 1 saturated heterocycles. The van der Waals surface area contributed by atoms with Crippen LogP contribution in [0.3, 0.4) is 0 Å². The van der Waals surface area contributed by atoms with Crippen LogP contribution in [0.5, 0.6) is 0 Å². The number of aryl methyl sites for hydroxylation is 2.